The van der Waals surface area contributed by atoms with Gasteiger partial charge in [0.1, 0.15) is 5.69 Å². The Kier molecular flexibility index (Phi) is 5.27. The van der Waals surface area contributed by atoms with Gasteiger partial charge in [-0.05, 0) is 36.6 Å². The second kappa shape index (κ2) is 7.45. The maximum atomic E-state index is 12.4. The van der Waals surface area contributed by atoms with Gasteiger partial charge in [0.2, 0.25) is 0 Å². The summed E-state index contributed by atoms with van der Waals surface area (Å²) in [5.41, 5.74) is 2.99. The van der Waals surface area contributed by atoms with Crippen molar-refractivity contribution < 1.29 is 13.2 Å². The number of para-hydroxylation sites is 1. The number of amides is 1. The number of aryl methyl sites for hydroxylation is 1. The smallest absolute Gasteiger partial charge is 0.274 e. The summed E-state index contributed by atoms with van der Waals surface area (Å²) in [6, 6.07) is 11.1. The van der Waals surface area contributed by atoms with Crippen LogP contribution < -0.4 is 10.2 Å². The largest absolute Gasteiger partial charge is 0.369 e. The van der Waals surface area contributed by atoms with E-state index in [0.717, 1.165) is 23.4 Å². The zero-order valence-corrected chi connectivity index (χ0v) is 15.8. The van der Waals surface area contributed by atoms with Crippen LogP contribution in [0.5, 0.6) is 0 Å². The van der Waals surface area contributed by atoms with Crippen LogP contribution in [0.2, 0.25) is 0 Å². The van der Waals surface area contributed by atoms with Crippen molar-refractivity contribution in [2.24, 2.45) is 0 Å². The summed E-state index contributed by atoms with van der Waals surface area (Å²) >= 11 is 0. The minimum atomic E-state index is -2.94. The Hall–Kier alpha value is -2.41. The highest BCUT2D eigenvalue weighted by Crippen LogP contribution is 2.23. The number of benzene rings is 1. The maximum absolute atomic E-state index is 12.4. The van der Waals surface area contributed by atoms with Crippen LogP contribution in [0.15, 0.2) is 42.6 Å². The average Bonchev–Trinajstić information content (AvgIpc) is 3.01. The van der Waals surface area contributed by atoms with Crippen molar-refractivity contribution in [3.8, 4) is 0 Å². The highest BCUT2D eigenvalue weighted by molar-refractivity contribution is 7.91. The minimum absolute atomic E-state index is 0.0436. The van der Waals surface area contributed by atoms with Gasteiger partial charge in [-0.15, -0.1) is 0 Å². The van der Waals surface area contributed by atoms with Gasteiger partial charge in [0, 0.05) is 18.8 Å². The lowest BCUT2D eigenvalue weighted by Gasteiger charge is -2.25. The van der Waals surface area contributed by atoms with E-state index in [4.69, 9.17) is 0 Å². The molecule has 0 radical (unpaired) electrons. The molecule has 0 spiro atoms. The lowest BCUT2D eigenvalue weighted by atomic mass is 10.1. The maximum Gasteiger partial charge on any atom is 0.274 e. The zero-order chi connectivity index (χ0) is 18.7. The summed E-state index contributed by atoms with van der Waals surface area (Å²) in [5, 5.41) is 2.90. The Bertz CT molecular complexity index is 895. The minimum Gasteiger partial charge on any atom is -0.369 e. The van der Waals surface area contributed by atoms with Gasteiger partial charge >= 0.3 is 0 Å². The van der Waals surface area contributed by atoms with Crippen molar-refractivity contribution >= 4 is 27.1 Å². The number of carbonyl (C=O) groups excluding carboxylic acids is 1. The van der Waals surface area contributed by atoms with E-state index in [1.54, 1.807) is 18.3 Å². The van der Waals surface area contributed by atoms with Crippen molar-refractivity contribution in [2.75, 3.05) is 28.8 Å². The van der Waals surface area contributed by atoms with Crippen LogP contribution in [-0.2, 0) is 16.3 Å². The molecule has 0 bridgehead atoms. The quantitative estimate of drug-likeness (QED) is 0.871. The van der Waals surface area contributed by atoms with E-state index < -0.39 is 9.84 Å². The normalized spacial score (nSPS) is 18.5. The number of nitrogens with one attached hydrogen (secondary N) is 1. The molecule has 3 rings (SSSR count). The molecule has 26 heavy (non-hydrogen) atoms. The summed E-state index contributed by atoms with van der Waals surface area (Å²) < 4.78 is 23.3. The van der Waals surface area contributed by atoms with Gasteiger partial charge in [0.25, 0.3) is 5.91 Å². The molecule has 1 unspecified atom stereocenters. The molecule has 2 heterocycles. The summed E-state index contributed by atoms with van der Waals surface area (Å²) in [6.07, 6.45) is 3.07. The van der Waals surface area contributed by atoms with E-state index in [1.165, 1.54) is 0 Å². The predicted molar refractivity (Wildman–Crippen MR) is 103 cm³/mol. The number of nitrogens with zero attached hydrogens (tertiary/aromatic N) is 2. The fraction of sp³-hybridized carbons (Fsp3) is 0.368. The van der Waals surface area contributed by atoms with E-state index in [9.17, 15) is 13.2 Å². The Morgan fingerprint density at radius 2 is 2.04 bits per heavy atom. The van der Waals surface area contributed by atoms with Crippen molar-refractivity contribution in [3.05, 3.63) is 53.9 Å². The molecule has 1 aromatic carbocycles. The molecule has 6 nitrogen and oxygen atoms in total. The molecule has 1 atom stereocenters. The molecule has 2 aromatic rings. The summed E-state index contributed by atoms with van der Waals surface area (Å²) in [4.78, 5) is 18.6. The van der Waals surface area contributed by atoms with Gasteiger partial charge < -0.3 is 10.2 Å². The molecule has 0 aliphatic carbocycles. The van der Waals surface area contributed by atoms with Gasteiger partial charge in [0.15, 0.2) is 9.84 Å². The first kappa shape index (κ1) is 18.4. The van der Waals surface area contributed by atoms with Crippen LogP contribution in [0, 0.1) is 0 Å². The number of rotatable bonds is 5. The van der Waals surface area contributed by atoms with E-state index in [2.05, 4.69) is 10.3 Å². The number of pyridine rings is 1. The van der Waals surface area contributed by atoms with Crippen molar-refractivity contribution in [3.63, 3.8) is 0 Å². The molecule has 1 N–H and O–H groups in total. The van der Waals surface area contributed by atoms with Gasteiger partial charge in [-0.1, -0.05) is 25.1 Å². The summed E-state index contributed by atoms with van der Waals surface area (Å²) in [6.45, 7) is 2.04. The molecule has 1 saturated heterocycles. The fourth-order valence-corrected chi connectivity index (χ4v) is 4.93. The molecular formula is C19H23N3O3S. The molecule has 7 heteroatoms. The molecular weight excluding hydrogens is 350 g/mol. The topological polar surface area (TPSA) is 79.4 Å². The molecule has 1 amide bonds. The number of aromatic nitrogens is 1. The van der Waals surface area contributed by atoms with E-state index in [-0.39, 0.29) is 23.5 Å². The lowest BCUT2D eigenvalue weighted by Crippen LogP contribution is -2.32. The molecule has 1 aliphatic heterocycles. The first-order valence-corrected chi connectivity index (χ1v) is 10.5. The van der Waals surface area contributed by atoms with Gasteiger partial charge in [-0.3, -0.25) is 4.79 Å². The second-order valence-electron chi connectivity index (χ2n) is 6.53. The Labute approximate surface area is 154 Å². The molecule has 138 valence electrons. The first-order chi connectivity index (χ1) is 12.4. The zero-order valence-electron chi connectivity index (χ0n) is 15.0. The van der Waals surface area contributed by atoms with Crippen molar-refractivity contribution in [1.29, 1.82) is 0 Å². The van der Waals surface area contributed by atoms with E-state index in [0.29, 0.717) is 12.1 Å². The van der Waals surface area contributed by atoms with Crippen LogP contribution >= 0.6 is 0 Å². The SMILES string of the molecule is CCc1ccccc1NC(=O)c1ccc(N(C)C2CCS(=O)(=O)C2)cn1. The third-order valence-corrected chi connectivity index (χ3v) is 6.54. The standard InChI is InChI=1S/C19H23N3O3S/c1-3-14-6-4-5-7-17(14)21-19(23)18-9-8-15(12-20-18)22(2)16-10-11-26(24,25)13-16/h4-9,12,16H,3,10-11,13H2,1-2H3,(H,21,23). The average molecular weight is 373 g/mol. The molecule has 0 saturated carbocycles. The number of hydrogen-bond donors (Lipinski definition) is 1. The Balaban J connectivity index is 1.70. The number of hydrogen-bond acceptors (Lipinski definition) is 5. The molecule has 1 aromatic heterocycles. The molecule has 1 fully saturated rings. The number of carbonyl (C=O) groups is 1. The Morgan fingerprint density at radius 1 is 1.27 bits per heavy atom. The monoisotopic (exact) mass is 373 g/mol. The fourth-order valence-electron chi connectivity index (χ4n) is 3.16. The van der Waals surface area contributed by atoms with Crippen LogP contribution in [0.1, 0.15) is 29.4 Å². The van der Waals surface area contributed by atoms with E-state index >= 15 is 0 Å². The molecule has 1 aliphatic rings. The van der Waals surface area contributed by atoms with Crippen LogP contribution in [0.3, 0.4) is 0 Å². The van der Waals surface area contributed by atoms with Crippen molar-refractivity contribution in [2.45, 2.75) is 25.8 Å². The van der Waals surface area contributed by atoms with Crippen LogP contribution in [0.4, 0.5) is 11.4 Å². The van der Waals surface area contributed by atoms with Gasteiger partial charge in [0.05, 0.1) is 23.4 Å². The van der Waals surface area contributed by atoms with Gasteiger partial charge in [-0.25, -0.2) is 13.4 Å². The van der Waals surface area contributed by atoms with Gasteiger partial charge in [-0.2, -0.15) is 0 Å². The highest BCUT2D eigenvalue weighted by Gasteiger charge is 2.30. The first-order valence-electron chi connectivity index (χ1n) is 8.68. The highest BCUT2D eigenvalue weighted by atomic mass is 32.2. The predicted octanol–water partition coefficient (Wildman–Crippen LogP) is 2.52. The summed E-state index contributed by atoms with van der Waals surface area (Å²) in [5.74, 6) is 0.135. The third-order valence-electron chi connectivity index (χ3n) is 4.79. The van der Waals surface area contributed by atoms with E-state index in [1.807, 2.05) is 43.1 Å². The summed E-state index contributed by atoms with van der Waals surface area (Å²) in [7, 11) is -1.08. The number of anilines is 2. The van der Waals surface area contributed by atoms with Crippen LogP contribution in [0.25, 0.3) is 0 Å². The third kappa shape index (κ3) is 4.04. The Morgan fingerprint density at radius 3 is 2.65 bits per heavy atom. The lowest BCUT2D eigenvalue weighted by molar-refractivity contribution is 0.102. The van der Waals surface area contributed by atoms with Crippen LogP contribution in [-0.4, -0.2) is 43.9 Å². The number of sulfone groups is 1. The van der Waals surface area contributed by atoms with Crippen molar-refractivity contribution in [1.82, 2.24) is 4.98 Å². The second-order valence-corrected chi connectivity index (χ2v) is 8.76.